The van der Waals surface area contributed by atoms with Gasteiger partial charge in [-0.15, -0.1) is 24.0 Å². The highest BCUT2D eigenvalue weighted by atomic mass is 127. The Morgan fingerprint density at radius 1 is 1.12 bits per heavy atom. The molecule has 1 amide bonds. The summed E-state index contributed by atoms with van der Waals surface area (Å²) in [5.41, 5.74) is 1.24. The molecule has 0 aliphatic carbocycles. The van der Waals surface area contributed by atoms with E-state index in [0.29, 0.717) is 17.9 Å². The lowest BCUT2D eigenvalue weighted by molar-refractivity contribution is -0.136. The van der Waals surface area contributed by atoms with Crippen molar-refractivity contribution in [2.45, 2.75) is 65.0 Å². The molecule has 1 aromatic rings. The van der Waals surface area contributed by atoms with Crippen molar-refractivity contribution in [2.24, 2.45) is 16.8 Å². The van der Waals surface area contributed by atoms with Crippen molar-refractivity contribution in [3.05, 3.63) is 35.9 Å². The number of hydrogen-bond donors (Lipinski definition) is 2. The van der Waals surface area contributed by atoms with Gasteiger partial charge in [-0.25, -0.2) is 0 Å². The molecule has 0 saturated carbocycles. The predicted molar refractivity (Wildman–Crippen MR) is 141 cm³/mol. The number of carbonyl (C=O) groups is 1. The second-order valence-corrected chi connectivity index (χ2v) is 8.73. The Labute approximate surface area is 211 Å². The largest absolute Gasteiger partial charge is 0.373 e. The highest BCUT2D eigenvalue weighted by Gasteiger charge is 2.30. The number of carbonyl (C=O) groups excluding carboxylic acids is 1. The van der Waals surface area contributed by atoms with E-state index in [1.54, 1.807) is 0 Å². The molecule has 2 N–H and O–H groups in total. The predicted octanol–water partition coefficient (Wildman–Crippen LogP) is 4.36. The molecule has 32 heavy (non-hydrogen) atoms. The quantitative estimate of drug-likeness (QED) is 0.284. The van der Waals surface area contributed by atoms with Gasteiger partial charge in [-0.1, -0.05) is 44.2 Å². The number of benzene rings is 1. The molecule has 2 aliphatic heterocycles. The molecule has 2 heterocycles. The number of piperidine rings is 1. The summed E-state index contributed by atoms with van der Waals surface area (Å²) in [6.45, 7) is 10.4. The molecule has 7 heteroatoms. The standard InChI is InChI=1S/C25H40N4O2.HI/c1-4-19(5-2)24(30)29-15-12-22(13-16-29)28-25(26-6-3)27-18-21-14-17-31-23(21)20-10-8-7-9-11-20;/h7-11,19,21-23H,4-6,12-18H2,1-3H3,(H2,26,27,28);1H. The summed E-state index contributed by atoms with van der Waals surface area (Å²) in [6.07, 6.45) is 4.97. The number of halogens is 1. The second-order valence-electron chi connectivity index (χ2n) is 8.73. The van der Waals surface area contributed by atoms with E-state index in [1.807, 2.05) is 6.07 Å². The van der Waals surface area contributed by atoms with Crippen LogP contribution < -0.4 is 10.6 Å². The fraction of sp³-hybridized carbons (Fsp3) is 0.680. The van der Waals surface area contributed by atoms with E-state index < -0.39 is 0 Å². The summed E-state index contributed by atoms with van der Waals surface area (Å²) in [6, 6.07) is 10.8. The Hall–Kier alpha value is -1.35. The molecule has 0 bridgehead atoms. The van der Waals surface area contributed by atoms with Crippen LogP contribution in [-0.4, -0.2) is 55.6 Å². The molecule has 0 spiro atoms. The van der Waals surface area contributed by atoms with Gasteiger partial charge >= 0.3 is 0 Å². The van der Waals surface area contributed by atoms with Crippen LogP contribution in [0.25, 0.3) is 0 Å². The van der Waals surface area contributed by atoms with E-state index in [1.165, 1.54) is 5.56 Å². The molecule has 2 unspecified atom stereocenters. The molecule has 2 atom stereocenters. The number of likely N-dealkylation sites (tertiary alicyclic amines) is 1. The summed E-state index contributed by atoms with van der Waals surface area (Å²) in [5.74, 6) is 1.79. The number of ether oxygens (including phenoxy) is 1. The van der Waals surface area contributed by atoms with E-state index in [9.17, 15) is 4.79 Å². The number of guanidine groups is 1. The van der Waals surface area contributed by atoms with Gasteiger partial charge in [0.25, 0.3) is 0 Å². The van der Waals surface area contributed by atoms with Gasteiger partial charge in [-0.3, -0.25) is 9.79 Å². The van der Waals surface area contributed by atoms with Gasteiger partial charge in [0.15, 0.2) is 5.96 Å². The Morgan fingerprint density at radius 3 is 2.44 bits per heavy atom. The number of hydrogen-bond acceptors (Lipinski definition) is 3. The maximum atomic E-state index is 12.6. The monoisotopic (exact) mass is 556 g/mol. The zero-order valence-corrected chi connectivity index (χ0v) is 22.2. The first kappa shape index (κ1) is 26.9. The number of nitrogens with zero attached hydrogens (tertiary/aromatic N) is 2. The molecule has 2 fully saturated rings. The van der Waals surface area contributed by atoms with Gasteiger partial charge < -0.3 is 20.3 Å². The molecular weight excluding hydrogens is 515 g/mol. The van der Waals surface area contributed by atoms with Crippen molar-refractivity contribution in [3.8, 4) is 0 Å². The Bertz CT molecular complexity index is 703. The third kappa shape index (κ3) is 7.33. The average molecular weight is 557 g/mol. The van der Waals surface area contributed by atoms with Crippen LogP contribution >= 0.6 is 24.0 Å². The van der Waals surface area contributed by atoms with E-state index >= 15 is 0 Å². The third-order valence-corrected chi connectivity index (χ3v) is 6.65. The zero-order valence-electron chi connectivity index (χ0n) is 19.9. The lowest BCUT2D eigenvalue weighted by atomic mass is 9.95. The third-order valence-electron chi connectivity index (χ3n) is 6.65. The topological polar surface area (TPSA) is 66.0 Å². The Kier molecular flexibility index (Phi) is 11.8. The van der Waals surface area contributed by atoms with Crippen molar-refractivity contribution in [1.82, 2.24) is 15.5 Å². The van der Waals surface area contributed by atoms with Crippen LogP contribution in [0.3, 0.4) is 0 Å². The molecule has 6 nitrogen and oxygen atoms in total. The number of amides is 1. The van der Waals surface area contributed by atoms with Crippen LogP contribution in [0.5, 0.6) is 0 Å². The van der Waals surface area contributed by atoms with E-state index in [0.717, 1.165) is 70.8 Å². The van der Waals surface area contributed by atoms with Crippen molar-refractivity contribution in [1.29, 1.82) is 0 Å². The van der Waals surface area contributed by atoms with Gasteiger partial charge in [0.1, 0.15) is 0 Å². The summed E-state index contributed by atoms with van der Waals surface area (Å²) >= 11 is 0. The van der Waals surface area contributed by atoms with E-state index in [4.69, 9.17) is 9.73 Å². The van der Waals surface area contributed by atoms with Crippen LogP contribution in [0, 0.1) is 11.8 Å². The number of nitrogens with one attached hydrogen (secondary N) is 2. The number of aliphatic imine (C=N–C) groups is 1. The highest BCUT2D eigenvalue weighted by Crippen LogP contribution is 2.34. The molecule has 180 valence electrons. The zero-order chi connectivity index (χ0) is 22.1. The van der Waals surface area contributed by atoms with Crippen molar-refractivity contribution < 1.29 is 9.53 Å². The van der Waals surface area contributed by atoms with Crippen molar-refractivity contribution in [3.63, 3.8) is 0 Å². The lowest BCUT2D eigenvalue weighted by Crippen LogP contribution is -2.50. The summed E-state index contributed by atoms with van der Waals surface area (Å²) in [5, 5.41) is 7.01. The van der Waals surface area contributed by atoms with Crippen molar-refractivity contribution >= 4 is 35.8 Å². The molecule has 0 aromatic heterocycles. The Morgan fingerprint density at radius 2 is 1.81 bits per heavy atom. The SMILES string of the molecule is CCNC(=NCC1CCOC1c1ccccc1)NC1CCN(C(=O)C(CC)CC)CC1.I. The maximum Gasteiger partial charge on any atom is 0.225 e. The van der Waals surface area contributed by atoms with Crippen LogP contribution in [-0.2, 0) is 9.53 Å². The molecule has 2 saturated heterocycles. The summed E-state index contributed by atoms with van der Waals surface area (Å²) < 4.78 is 6.02. The van der Waals surface area contributed by atoms with E-state index in [-0.39, 0.29) is 36.0 Å². The van der Waals surface area contributed by atoms with Gasteiger partial charge in [-0.2, -0.15) is 0 Å². The van der Waals surface area contributed by atoms with Crippen LogP contribution in [0.15, 0.2) is 35.3 Å². The highest BCUT2D eigenvalue weighted by molar-refractivity contribution is 14.0. The van der Waals surface area contributed by atoms with Gasteiger partial charge in [0, 0.05) is 50.7 Å². The first-order valence-corrected chi connectivity index (χ1v) is 12.2. The van der Waals surface area contributed by atoms with Crippen LogP contribution in [0.4, 0.5) is 0 Å². The smallest absolute Gasteiger partial charge is 0.225 e. The first-order chi connectivity index (χ1) is 15.2. The molecule has 0 radical (unpaired) electrons. The van der Waals surface area contributed by atoms with Crippen LogP contribution in [0.1, 0.15) is 64.5 Å². The molecular formula is C25H41IN4O2. The van der Waals surface area contributed by atoms with Crippen molar-refractivity contribution in [2.75, 3.05) is 32.8 Å². The minimum Gasteiger partial charge on any atom is -0.373 e. The lowest BCUT2D eigenvalue weighted by Gasteiger charge is -2.35. The fourth-order valence-corrected chi connectivity index (χ4v) is 4.69. The molecule has 3 rings (SSSR count). The summed E-state index contributed by atoms with van der Waals surface area (Å²) in [7, 11) is 0. The number of rotatable bonds is 8. The van der Waals surface area contributed by atoms with E-state index in [2.05, 4.69) is 60.6 Å². The van der Waals surface area contributed by atoms with Gasteiger partial charge in [-0.05, 0) is 44.6 Å². The summed E-state index contributed by atoms with van der Waals surface area (Å²) in [4.78, 5) is 19.6. The maximum absolute atomic E-state index is 12.6. The molecule has 1 aromatic carbocycles. The normalized spacial score (nSPS) is 22.0. The molecule has 2 aliphatic rings. The fourth-order valence-electron chi connectivity index (χ4n) is 4.69. The average Bonchev–Trinajstić information content (AvgIpc) is 3.28. The minimum atomic E-state index is 0. The minimum absolute atomic E-state index is 0. The van der Waals surface area contributed by atoms with Gasteiger partial charge in [0.05, 0.1) is 6.10 Å². The van der Waals surface area contributed by atoms with Gasteiger partial charge in [0.2, 0.25) is 5.91 Å². The van der Waals surface area contributed by atoms with Crippen LogP contribution in [0.2, 0.25) is 0 Å². The Balaban J connectivity index is 0.00000363. The first-order valence-electron chi connectivity index (χ1n) is 12.2. The second kappa shape index (κ2) is 14.0.